The van der Waals surface area contributed by atoms with Crippen molar-refractivity contribution < 1.29 is 14.6 Å². The second-order valence-corrected chi connectivity index (χ2v) is 4.95. The third-order valence-electron chi connectivity index (χ3n) is 2.99. The van der Waals surface area contributed by atoms with Crippen molar-refractivity contribution >= 4 is 5.91 Å². The number of benzene rings is 1. The van der Waals surface area contributed by atoms with E-state index in [0.717, 1.165) is 18.6 Å². The van der Waals surface area contributed by atoms with Crippen LogP contribution in [0.2, 0.25) is 0 Å². The van der Waals surface area contributed by atoms with Gasteiger partial charge in [0.2, 0.25) is 5.91 Å². The van der Waals surface area contributed by atoms with E-state index in [1.54, 1.807) is 0 Å². The zero-order chi connectivity index (χ0) is 15.5. The van der Waals surface area contributed by atoms with Crippen molar-refractivity contribution in [3.63, 3.8) is 0 Å². The Balaban J connectivity index is 2.18. The molecule has 0 fully saturated rings. The SMILES string of the molecule is CCCNC(=O)CNCC(O)COc1cccc(CC)c1. The molecule has 1 aromatic carbocycles. The summed E-state index contributed by atoms with van der Waals surface area (Å²) in [6.45, 7) is 5.51. The minimum atomic E-state index is -0.644. The fraction of sp³-hybridized carbons (Fsp3) is 0.562. The van der Waals surface area contributed by atoms with Crippen molar-refractivity contribution in [2.24, 2.45) is 0 Å². The number of hydrogen-bond acceptors (Lipinski definition) is 4. The van der Waals surface area contributed by atoms with Gasteiger partial charge >= 0.3 is 0 Å². The summed E-state index contributed by atoms with van der Waals surface area (Å²) < 4.78 is 5.54. The molecule has 0 radical (unpaired) electrons. The minimum absolute atomic E-state index is 0.0550. The lowest BCUT2D eigenvalue weighted by molar-refractivity contribution is -0.120. The highest BCUT2D eigenvalue weighted by molar-refractivity contribution is 5.77. The molecule has 0 bridgehead atoms. The van der Waals surface area contributed by atoms with Crippen molar-refractivity contribution in [3.8, 4) is 5.75 Å². The summed E-state index contributed by atoms with van der Waals surface area (Å²) in [5, 5.41) is 15.5. The molecule has 5 nitrogen and oxygen atoms in total. The highest BCUT2D eigenvalue weighted by atomic mass is 16.5. The zero-order valence-corrected chi connectivity index (χ0v) is 12.9. The number of carbonyl (C=O) groups excluding carboxylic acids is 1. The van der Waals surface area contributed by atoms with Crippen molar-refractivity contribution in [1.82, 2.24) is 10.6 Å². The molecule has 3 N–H and O–H groups in total. The Labute approximate surface area is 126 Å². The van der Waals surface area contributed by atoms with Crippen molar-refractivity contribution in [3.05, 3.63) is 29.8 Å². The van der Waals surface area contributed by atoms with E-state index in [4.69, 9.17) is 4.74 Å². The van der Waals surface area contributed by atoms with Gasteiger partial charge in [-0.1, -0.05) is 26.0 Å². The Hall–Kier alpha value is -1.59. The standard InChI is InChI=1S/C16H26N2O3/c1-3-8-18-16(20)11-17-10-14(19)12-21-15-7-5-6-13(4-2)9-15/h5-7,9,14,17,19H,3-4,8,10-12H2,1-2H3,(H,18,20). The first-order valence-electron chi connectivity index (χ1n) is 7.52. The van der Waals surface area contributed by atoms with E-state index in [1.165, 1.54) is 5.56 Å². The fourth-order valence-corrected chi connectivity index (χ4v) is 1.79. The molecule has 1 aromatic rings. The largest absolute Gasteiger partial charge is 0.491 e. The Morgan fingerprint density at radius 3 is 2.90 bits per heavy atom. The third-order valence-corrected chi connectivity index (χ3v) is 2.99. The highest BCUT2D eigenvalue weighted by Crippen LogP contribution is 2.13. The molecule has 1 unspecified atom stereocenters. The molecule has 0 heterocycles. The van der Waals surface area contributed by atoms with Gasteiger partial charge in [-0.3, -0.25) is 4.79 Å². The lowest BCUT2D eigenvalue weighted by atomic mass is 10.2. The van der Waals surface area contributed by atoms with Gasteiger partial charge in [0.05, 0.1) is 6.54 Å². The average Bonchev–Trinajstić information content (AvgIpc) is 2.51. The molecule has 0 aliphatic carbocycles. The van der Waals surface area contributed by atoms with Crippen LogP contribution in [0.25, 0.3) is 0 Å². The van der Waals surface area contributed by atoms with Crippen molar-refractivity contribution in [1.29, 1.82) is 0 Å². The monoisotopic (exact) mass is 294 g/mol. The van der Waals surface area contributed by atoms with Gasteiger partial charge in [-0.05, 0) is 30.5 Å². The highest BCUT2D eigenvalue weighted by Gasteiger charge is 2.07. The molecule has 118 valence electrons. The van der Waals surface area contributed by atoms with Crippen LogP contribution < -0.4 is 15.4 Å². The third kappa shape index (κ3) is 7.68. The zero-order valence-electron chi connectivity index (χ0n) is 12.9. The summed E-state index contributed by atoms with van der Waals surface area (Å²) >= 11 is 0. The van der Waals surface area contributed by atoms with Crippen LogP contribution in [0.1, 0.15) is 25.8 Å². The first-order valence-corrected chi connectivity index (χ1v) is 7.52. The van der Waals surface area contributed by atoms with Crippen LogP contribution in [-0.2, 0) is 11.2 Å². The second kappa shape index (κ2) is 10.2. The molecule has 1 rings (SSSR count). The average molecular weight is 294 g/mol. The lowest BCUT2D eigenvalue weighted by Gasteiger charge is -2.13. The first kappa shape index (κ1) is 17.5. The topological polar surface area (TPSA) is 70.6 Å². The maximum atomic E-state index is 11.3. The number of aliphatic hydroxyl groups is 1. The Morgan fingerprint density at radius 1 is 1.38 bits per heavy atom. The molecule has 21 heavy (non-hydrogen) atoms. The smallest absolute Gasteiger partial charge is 0.233 e. The van der Waals surface area contributed by atoms with E-state index in [2.05, 4.69) is 17.6 Å². The minimum Gasteiger partial charge on any atom is -0.491 e. The van der Waals surface area contributed by atoms with E-state index < -0.39 is 6.10 Å². The van der Waals surface area contributed by atoms with Gasteiger partial charge in [-0.25, -0.2) is 0 Å². The van der Waals surface area contributed by atoms with E-state index >= 15 is 0 Å². The molecular formula is C16H26N2O3. The molecule has 0 aromatic heterocycles. The van der Waals surface area contributed by atoms with E-state index in [0.29, 0.717) is 13.1 Å². The van der Waals surface area contributed by atoms with Gasteiger partial charge in [0.1, 0.15) is 18.5 Å². The van der Waals surface area contributed by atoms with E-state index in [-0.39, 0.29) is 19.1 Å². The maximum absolute atomic E-state index is 11.3. The number of carbonyl (C=O) groups is 1. The normalized spacial score (nSPS) is 12.0. The van der Waals surface area contributed by atoms with Gasteiger partial charge in [0.15, 0.2) is 0 Å². The second-order valence-electron chi connectivity index (χ2n) is 4.95. The molecule has 0 spiro atoms. The number of aliphatic hydroxyl groups excluding tert-OH is 1. The Bertz CT molecular complexity index is 424. The molecular weight excluding hydrogens is 268 g/mol. The van der Waals surface area contributed by atoms with Gasteiger partial charge in [0, 0.05) is 13.1 Å². The summed E-state index contributed by atoms with van der Waals surface area (Å²) in [5.74, 6) is 0.703. The van der Waals surface area contributed by atoms with Crippen molar-refractivity contribution in [2.75, 3.05) is 26.2 Å². The van der Waals surface area contributed by atoms with Crippen LogP contribution in [0.4, 0.5) is 0 Å². The molecule has 1 atom stereocenters. The Morgan fingerprint density at radius 2 is 2.19 bits per heavy atom. The predicted octanol–water partition coefficient (Wildman–Crippen LogP) is 1.10. The van der Waals surface area contributed by atoms with Crippen LogP contribution >= 0.6 is 0 Å². The van der Waals surface area contributed by atoms with Crippen LogP contribution in [0.5, 0.6) is 5.75 Å². The van der Waals surface area contributed by atoms with Crippen molar-refractivity contribution in [2.45, 2.75) is 32.8 Å². The molecule has 0 aliphatic rings. The predicted molar refractivity (Wildman–Crippen MR) is 83.5 cm³/mol. The summed E-state index contributed by atoms with van der Waals surface area (Å²) in [6, 6.07) is 7.83. The van der Waals surface area contributed by atoms with Crippen LogP contribution in [0, 0.1) is 0 Å². The lowest BCUT2D eigenvalue weighted by Crippen LogP contribution is -2.39. The first-order chi connectivity index (χ1) is 10.2. The number of amides is 1. The van der Waals surface area contributed by atoms with E-state index in [1.807, 2.05) is 31.2 Å². The number of rotatable bonds is 10. The summed E-state index contributed by atoms with van der Waals surface area (Å²) in [6.07, 6.45) is 1.22. The van der Waals surface area contributed by atoms with E-state index in [9.17, 15) is 9.90 Å². The molecule has 1 amide bonds. The van der Waals surface area contributed by atoms with Crippen LogP contribution in [-0.4, -0.2) is 43.4 Å². The summed E-state index contributed by atoms with van der Waals surface area (Å²) in [7, 11) is 0. The maximum Gasteiger partial charge on any atom is 0.233 e. The van der Waals surface area contributed by atoms with Crippen LogP contribution in [0.15, 0.2) is 24.3 Å². The summed E-state index contributed by atoms with van der Waals surface area (Å²) in [4.78, 5) is 11.3. The molecule has 0 aliphatic heterocycles. The number of aryl methyl sites for hydroxylation is 1. The molecule has 0 saturated heterocycles. The van der Waals surface area contributed by atoms with Gasteiger partial charge < -0.3 is 20.5 Å². The Kier molecular flexibility index (Phi) is 8.47. The van der Waals surface area contributed by atoms with Gasteiger partial charge in [-0.15, -0.1) is 0 Å². The van der Waals surface area contributed by atoms with Gasteiger partial charge in [0.25, 0.3) is 0 Å². The number of nitrogens with one attached hydrogen (secondary N) is 2. The molecule has 0 saturated carbocycles. The number of hydrogen-bond donors (Lipinski definition) is 3. The fourth-order valence-electron chi connectivity index (χ4n) is 1.79. The number of ether oxygens (including phenoxy) is 1. The van der Waals surface area contributed by atoms with Gasteiger partial charge in [-0.2, -0.15) is 0 Å². The quantitative estimate of drug-likeness (QED) is 0.604. The molecule has 5 heteroatoms. The van der Waals surface area contributed by atoms with Crippen LogP contribution in [0.3, 0.4) is 0 Å². The summed E-state index contributed by atoms with van der Waals surface area (Å²) in [5.41, 5.74) is 1.20.